The van der Waals surface area contributed by atoms with E-state index in [1.807, 2.05) is 24.3 Å². The van der Waals surface area contributed by atoms with Crippen LogP contribution in [0.4, 0.5) is 24.7 Å². The Balaban J connectivity index is 0.920. The van der Waals surface area contributed by atoms with E-state index >= 15 is 8.78 Å². The highest BCUT2D eigenvalue weighted by Gasteiger charge is 2.46. The molecule has 3 aliphatic heterocycles. The van der Waals surface area contributed by atoms with Gasteiger partial charge in [0.2, 0.25) is 11.8 Å². The Morgan fingerprint density at radius 2 is 1.62 bits per heavy atom. The van der Waals surface area contributed by atoms with Gasteiger partial charge in [0.15, 0.2) is 17.4 Å². The second-order valence-corrected chi connectivity index (χ2v) is 14.8. The number of phenolic OH excluding ortho intramolecular Hbond substituents is 1. The molecule has 1 atom stereocenters. The summed E-state index contributed by atoms with van der Waals surface area (Å²) in [4.78, 5) is 33.4. The van der Waals surface area contributed by atoms with Crippen LogP contribution < -0.4 is 16.0 Å². The van der Waals surface area contributed by atoms with Crippen LogP contribution in [-0.4, -0.2) is 68.7 Å². The summed E-state index contributed by atoms with van der Waals surface area (Å²) in [7, 11) is 0. The molecular weight excluding hydrogens is 683 g/mol. The molecule has 276 valence electrons. The van der Waals surface area contributed by atoms with Crippen molar-refractivity contribution in [2.45, 2.75) is 87.6 Å². The van der Waals surface area contributed by atoms with Crippen molar-refractivity contribution in [1.82, 2.24) is 25.4 Å². The van der Waals surface area contributed by atoms with Crippen LogP contribution in [0, 0.1) is 5.82 Å². The number of nitrogens with zero attached hydrogens (tertiary/aromatic N) is 5. The molecule has 3 fully saturated rings. The van der Waals surface area contributed by atoms with Gasteiger partial charge in [-0.3, -0.25) is 19.9 Å². The van der Waals surface area contributed by atoms with E-state index in [9.17, 15) is 19.1 Å². The molecule has 2 amide bonds. The second kappa shape index (κ2) is 14.1. The van der Waals surface area contributed by atoms with Gasteiger partial charge in [-0.15, -0.1) is 10.2 Å². The van der Waals surface area contributed by atoms with Crippen LogP contribution in [0.3, 0.4) is 0 Å². The van der Waals surface area contributed by atoms with Crippen molar-refractivity contribution >= 4 is 23.3 Å². The average Bonchev–Trinajstić information content (AvgIpc) is 3.17. The summed E-state index contributed by atoms with van der Waals surface area (Å²) in [5.74, 6) is -4.45. The summed E-state index contributed by atoms with van der Waals surface area (Å²) in [6, 6.07) is 15.1. The monoisotopic (exact) mass is 725 g/mol. The van der Waals surface area contributed by atoms with Crippen LogP contribution >= 0.6 is 0 Å². The fraction of sp³-hybridized carbons (Fsp3) is 0.425. The fourth-order valence-corrected chi connectivity index (χ4v) is 9.00. The maximum absolute atomic E-state index is 15.7. The molecule has 5 heterocycles. The molecule has 13 heteroatoms. The van der Waals surface area contributed by atoms with Gasteiger partial charge in [0.25, 0.3) is 5.92 Å². The van der Waals surface area contributed by atoms with Gasteiger partial charge in [0.1, 0.15) is 6.04 Å². The van der Waals surface area contributed by atoms with Gasteiger partial charge in [0.05, 0.1) is 11.4 Å². The van der Waals surface area contributed by atoms with E-state index in [-0.39, 0.29) is 53.9 Å². The van der Waals surface area contributed by atoms with Gasteiger partial charge < -0.3 is 20.6 Å². The van der Waals surface area contributed by atoms with E-state index in [1.54, 1.807) is 29.3 Å². The predicted molar refractivity (Wildman–Crippen MR) is 194 cm³/mol. The Morgan fingerprint density at radius 3 is 2.40 bits per heavy atom. The van der Waals surface area contributed by atoms with Crippen molar-refractivity contribution in [2.24, 2.45) is 0 Å². The number of carbonyl (C=O) groups excluding carboxylic acids is 2. The largest absolute Gasteiger partial charge is 0.504 e. The number of alkyl halides is 2. The first-order valence-corrected chi connectivity index (χ1v) is 18.5. The maximum atomic E-state index is 15.7. The van der Waals surface area contributed by atoms with Crippen molar-refractivity contribution in [3.8, 4) is 28.3 Å². The molecule has 4 N–H and O–H groups in total. The molecule has 2 aromatic carbocycles. The summed E-state index contributed by atoms with van der Waals surface area (Å²) < 4.78 is 45.4. The third-order valence-electron chi connectivity index (χ3n) is 11.8. The highest BCUT2D eigenvalue weighted by molar-refractivity contribution is 6.01. The average molecular weight is 726 g/mol. The van der Waals surface area contributed by atoms with Gasteiger partial charge >= 0.3 is 0 Å². The van der Waals surface area contributed by atoms with Crippen LogP contribution in [0.5, 0.6) is 5.75 Å². The minimum absolute atomic E-state index is 0.0158. The molecule has 53 heavy (non-hydrogen) atoms. The molecule has 2 saturated heterocycles. The van der Waals surface area contributed by atoms with Crippen LogP contribution in [0.25, 0.3) is 22.5 Å². The number of pyridine rings is 1. The Hall–Kier alpha value is -5.04. The molecule has 2 aromatic heterocycles. The van der Waals surface area contributed by atoms with E-state index in [0.717, 1.165) is 57.2 Å². The van der Waals surface area contributed by atoms with Gasteiger partial charge in [-0.1, -0.05) is 18.2 Å². The lowest BCUT2D eigenvalue weighted by atomic mass is 9.76. The lowest BCUT2D eigenvalue weighted by Gasteiger charge is -2.44. The standard InChI is InChI=1S/C40H42F3N7O3/c41-30-5-1-4-28(37(30)52)32-22-29(38(44)48-47-32)31-21-25(13-17-45-31)23-14-18-49(19-15-23)26-9-7-24(8-10-26)27-3-2-6-33-36(27)40(42,43)16-20-50(33)34-11-12-35(51)46-39(34)53/h1-6,13,17,21-24,26,34,52H,7-12,14-16,18-20H2,(H2,44,48)(H,46,51,53)/t24-,26-,34-/m1/s1. The van der Waals surface area contributed by atoms with E-state index in [4.69, 9.17) is 5.73 Å². The number of rotatable bonds is 6. The van der Waals surface area contributed by atoms with Crippen LogP contribution in [0.1, 0.15) is 86.3 Å². The smallest absolute Gasteiger partial charge is 0.277 e. The molecule has 1 aliphatic carbocycles. The third-order valence-corrected chi connectivity index (χ3v) is 11.8. The maximum Gasteiger partial charge on any atom is 0.277 e. The number of imide groups is 1. The van der Waals surface area contributed by atoms with Crippen molar-refractivity contribution < 1.29 is 27.9 Å². The number of nitrogens with two attached hydrogens (primary N) is 1. The molecule has 0 radical (unpaired) electrons. The number of para-hydroxylation sites is 1. The number of hydrogen-bond acceptors (Lipinski definition) is 9. The number of amides is 2. The zero-order valence-corrected chi connectivity index (χ0v) is 29.3. The number of likely N-dealkylation sites (tertiary alicyclic amines) is 1. The van der Waals surface area contributed by atoms with Crippen molar-refractivity contribution in [2.75, 3.05) is 30.3 Å². The first kappa shape index (κ1) is 35.0. The molecule has 4 aliphatic rings. The Labute approximate surface area is 305 Å². The number of phenols is 1. The van der Waals surface area contributed by atoms with E-state index in [0.29, 0.717) is 40.9 Å². The number of piperidine rings is 2. The number of anilines is 2. The minimum Gasteiger partial charge on any atom is -0.504 e. The first-order valence-electron chi connectivity index (χ1n) is 18.5. The number of nitrogen functional groups attached to an aromatic ring is 1. The summed E-state index contributed by atoms with van der Waals surface area (Å²) in [6.07, 6.45) is 7.35. The number of hydrogen-bond donors (Lipinski definition) is 3. The molecule has 4 aromatic rings. The zero-order chi connectivity index (χ0) is 36.9. The fourth-order valence-electron chi connectivity index (χ4n) is 9.00. The van der Waals surface area contributed by atoms with E-state index in [1.165, 1.54) is 12.1 Å². The number of carbonyl (C=O) groups is 2. The lowest BCUT2D eigenvalue weighted by molar-refractivity contribution is -0.134. The molecule has 0 unspecified atom stereocenters. The SMILES string of the molecule is Nc1nnc(-c2cccc(F)c2O)cc1-c1cc(C2CCN([C@H]3CC[C@H](c4cccc5c4C(F)(F)CCN5[C@@H]4CCC(=O)NC4=O)CC3)CC2)ccn1. The Kier molecular flexibility index (Phi) is 9.30. The quantitative estimate of drug-likeness (QED) is 0.187. The summed E-state index contributed by atoms with van der Waals surface area (Å²) in [5, 5.41) is 20.8. The zero-order valence-electron chi connectivity index (χ0n) is 29.3. The van der Waals surface area contributed by atoms with Gasteiger partial charge in [-0.25, -0.2) is 13.2 Å². The molecule has 0 spiro atoms. The predicted octanol–water partition coefficient (Wildman–Crippen LogP) is 6.65. The summed E-state index contributed by atoms with van der Waals surface area (Å²) in [5.41, 5.74) is 10.2. The van der Waals surface area contributed by atoms with Crippen LogP contribution in [-0.2, 0) is 15.5 Å². The van der Waals surface area contributed by atoms with Crippen LogP contribution in [0.2, 0.25) is 0 Å². The number of nitrogens with one attached hydrogen (secondary N) is 1. The second-order valence-electron chi connectivity index (χ2n) is 14.8. The lowest BCUT2D eigenvalue weighted by Crippen LogP contribution is -2.55. The number of aromatic hydroxyl groups is 1. The highest BCUT2D eigenvalue weighted by Crippen LogP contribution is 2.50. The summed E-state index contributed by atoms with van der Waals surface area (Å²) in [6.45, 7) is 1.93. The summed E-state index contributed by atoms with van der Waals surface area (Å²) >= 11 is 0. The van der Waals surface area contributed by atoms with E-state index < -0.39 is 29.4 Å². The topological polar surface area (TPSA) is 138 Å². The van der Waals surface area contributed by atoms with Crippen molar-refractivity contribution in [3.63, 3.8) is 0 Å². The Bertz CT molecular complexity index is 2050. The number of aromatic nitrogens is 3. The van der Waals surface area contributed by atoms with Gasteiger partial charge in [0, 0.05) is 54.0 Å². The molecular formula is C40H42F3N7O3. The van der Waals surface area contributed by atoms with Gasteiger partial charge in [-0.2, -0.15) is 0 Å². The van der Waals surface area contributed by atoms with E-state index in [2.05, 4.69) is 25.4 Å². The number of fused-ring (bicyclic) bond motifs is 1. The number of benzene rings is 2. The Morgan fingerprint density at radius 1 is 0.849 bits per heavy atom. The molecule has 10 nitrogen and oxygen atoms in total. The third kappa shape index (κ3) is 6.71. The van der Waals surface area contributed by atoms with Gasteiger partial charge in [-0.05, 0) is 117 Å². The number of halogens is 3. The molecule has 1 saturated carbocycles. The van der Waals surface area contributed by atoms with Crippen LogP contribution in [0.15, 0.2) is 60.8 Å². The molecule has 8 rings (SSSR count). The minimum atomic E-state index is -2.98. The highest BCUT2D eigenvalue weighted by atomic mass is 19.3. The van der Waals surface area contributed by atoms with Crippen molar-refractivity contribution in [3.05, 3.63) is 83.3 Å². The normalized spacial score (nSPS) is 23.8. The van der Waals surface area contributed by atoms with Crippen molar-refractivity contribution in [1.29, 1.82) is 0 Å². The molecule has 0 bridgehead atoms. The first-order chi connectivity index (χ1) is 25.6.